The summed E-state index contributed by atoms with van der Waals surface area (Å²) in [5.74, 6) is 0. The molecule has 0 aliphatic heterocycles. The van der Waals surface area contributed by atoms with Crippen LogP contribution in [0.3, 0.4) is 0 Å². The summed E-state index contributed by atoms with van der Waals surface area (Å²) in [7, 11) is 0. The molecule has 1 rings (SSSR count). The molecule has 0 heterocycles. The Bertz CT molecular complexity index is 59.9. The van der Waals surface area contributed by atoms with Crippen LogP contribution in [0.5, 0.6) is 0 Å². The zero-order valence-corrected chi connectivity index (χ0v) is 8.32. The van der Waals surface area contributed by atoms with Gasteiger partial charge in [0.25, 0.3) is 0 Å². The Morgan fingerprint density at radius 1 is 0.727 bits per heavy atom. The summed E-state index contributed by atoms with van der Waals surface area (Å²) in [5, 5.41) is 0. The third-order valence-electron chi connectivity index (χ3n) is 1.50. The third-order valence-corrected chi connectivity index (χ3v) is 1.50. The van der Waals surface area contributed by atoms with Crippen LogP contribution in [0.2, 0.25) is 0 Å². The quantitative estimate of drug-likeness (QED) is 0.574. The van der Waals surface area contributed by atoms with Crippen molar-refractivity contribution in [3.05, 3.63) is 0 Å². The van der Waals surface area contributed by atoms with Crippen LogP contribution in [0.15, 0.2) is 0 Å². The summed E-state index contributed by atoms with van der Waals surface area (Å²) in [4.78, 5) is 0. The standard InChI is InChI=1S/C6H12.C4H11N/c1-2-4-6-5-3-1;1-4(2,3)5/h1-6H2;5H2,1-3H3. The van der Waals surface area contributed by atoms with Gasteiger partial charge in [-0.05, 0) is 20.8 Å². The maximum atomic E-state index is 5.35. The Hall–Kier alpha value is -0.0400. The van der Waals surface area contributed by atoms with Gasteiger partial charge in [-0.15, -0.1) is 0 Å². The lowest BCUT2D eigenvalue weighted by atomic mass is 10.0. The minimum absolute atomic E-state index is 0. The van der Waals surface area contributed by atoms with Gasteiger partial charge in [-0.3, -0.25) is 0 Å². The molecule has 0 unspecified atom stereocenters. The van der Waals surface area contributed by atoms with E-state index >= 15 is 0 Å². The van der Waals surface area contributed by atoms with Crippen LogP contribution >= 0.6 is 0 Å². The number of hydrogen-bond acceptors (Lipinski definition) is 1. The van der Waals surface area contributed by atoms with Gasteiger partial charge in [0.05, 0.1) is 0 Å². The summed E-state index contributed by atoms with van der Waals surface area (Å²) < 4.78 is 0. The fourth-order valence-electron chi connectivity index (χ4n) is 1.06. The first-order chi connectivity index (χ1) is 5.00. The van der Waals surface area contributed by atoms with Crippen molar-refractivity contribution in [2.45, 2.75) is 64.8 Å². The second-order valence-corrected chi connectivity index (χ2v) is 4.49. The highest BCUT2D eigenvalue weighted by atomic mass is 14.7. The molecule has 0 atom stereocenters. The molecule has 68 valence electrons. The van der Waals surface area contributed by atoms with Crippen molar-refractivity contribution in [1.82, 2.24) is 0 Å². The van der Waals surface area contributed by atoms with Crippen molar-refractivity contribution < 1.29 is 0 Å². The first-order valence-corrected chi connectivity index (χ1v) is 4.79. The number of hydrogen-bond donors (Lipinski definition) is 1. The van der Waals surface area contributed by atoms with Crippen LogP contribution < -0.4 is 5.73 Å². The molecule has 0 amide bonds. The minimum Gasteiger partial charge on any atom is -0.326 e. The van der Waals surface area contributed by atoms with Crippen LogP contribution in [-0.4, -0.2) is 5.54 Å². The normalized spacial score (nSPS) is 18.5. The van der Waals surface area contributed by atoms with Gasteiger partial charge in [-0.2, -0.15) is 0 Å². The fourth-order valence-corrected chi connectivity index (χ4v) is 1.06. The summed E-state index contributed by atoms with van der Waals surface area (Å²) >= 11 is 0. The van der Waals surface area contributed by atoms with Gasteiger partial charge >= 0.3 is 0 Å². The highest BCUT2D eigenvalue weighted by Crippen LogP contribution is 2.15. The third kappa shape index (κ3) is 17.8. The molecule has 1 fully saturated rings. The summed E-state index contributed by atoms with van der Waals surface area (Å²) in [6.07, 6.45) is 9.00. The maximum absolute atomic E-state index is 5.35. The van der Waals surface area contributed by atoms with Crippen LogP contribution in [0, 0.1) is 0 Å². The van der Waals surface area contributed by atoms with Crippen molar-refractivity contribution >= 4 is 0 Å². The van der Waals surface area contributed by atoms with E-state index in [-0.39, 0.29) is 5.54 Å². The van der Waals surface area contributed by atoms with Crippen molar-refractivity contribution in [3.8, 4) is 0 Å². The lowest BCUT2D eigenvalue weighted by Gasteiger charge is -2.06. The SMILES string of the molecule is C1CCCCC1.CC(C)(C)N. The van der Waals surface area contributed by atoms with E-state index in [1.807, 2.05) is 20.8 Å². The Labute approximate surface area is 71.4 Å². The molecule has 11 heavy (non-hydrogen) atoms. The molecule has 1 saturated carbocycles. The molecular weight excluding hydrogens is 134 g/mol. The van der Waals surface area contributed by atoms with Crippen molar-refractivity contribution in [2.24, 2.45) is 5.73 Å². The Morgan fingerprint density at radius 3 is 0.909 bits per heavy atom. The number of rotatable bonds is 0. The predicted molar refractivity (Wildman–Crippen MR) is 51.6 cm³/mol. The molecule has 0 bridgehead atoms. The van der Waals surface area contributed by atoms with Gasteiger partial charge < -0.3 is 5.73 Å². The van der Waals surface area contributed by atoms with Crippen LogP contribution in [0.1, 0.15) is 59.3 Å². The molecule has 0 radical (unpaired) electrons. The first-order valence-electron chi connectivity index (χ1n) is 4.79. The second kappa shape index (κ2) is 5.59. The molecule has 1 aliphatic rings. The fraction of sp³-hybridized carbons (Fsp3) is 1.00. The van der Waals surface area contributed by atoms with E-state index in [0.717, 1.165) is 0 Å². The van der Waals surface area contributed by atoms with Gasteiger partial charge in [-0.1, -0.05) is 38.5 Å². The molecule has 0 aromatic carbocycles. The smallest absolute Gasteiger partial charge is 0.00686 e. The van der Waals surface area contributed by atoms with E-state index in [4.69, 9.17) is 5.73 Å². The van der Waals surface area contributed by atoms with Gasteiger partial charge in [0.15, 0.2) is 0 Å². The summed E-state index contributed by atoms with van der Waals surface area (Å²) in [5.41, 5.74) is 5.35. The molecule has 2 N–H and O–H groups in total. The van der Waals surface area contributed by atoms with E-state index in [0.29, 0.717) is 0 Å². The van der Waals surface area contributed by atoms with E-state index in [9.17, 15) is 0 Å². The Kier molecular flexibility index (Phi) is 5.57. The van der Waals surface area contributed by atoms with Crippen molar-refractivity contribution in [3.63, 3.8) is 0 Å². The Balaban J connectivity index is 0.000000187. The zero-order valence-electron chi connectivity index (χ0n) is 8.32. The largest absolute Gasteiger partial charge is 0.326 e. The Morgan fingerprint density at radius 2 is 0.818 bits per heavy atom. The molecule has 0 spiro atoms. The van der Waals surface area contributed by atoms with E-state index < -0.39 is 0 Å². The topological polar surface area (TPSA) is 26.0 Å². The molecule has 0 saturated heterocycles. The van der Waals surface area contributed by atoms with Crippen molar-refractivity contribution in [1.29, 1.82) is 0 Å². The summed E-state index contributed by atoms with van der Waals surface area (Å²) in [6.45, 7) is 5.90. The lowest BCUT2D eigenvalue weighted by Crippen LogP contribution is -2.26. The van der Waals surface area contributed by atoms with Gasteiger partial charge in [0, 0.05) is 5.54 Å². The van der Waals surface area contributed by atoms with E-state index in [2.05, 4.69) is 0 Å². The second-order valence-electron chi connectivity index (χ2n) is 4.49. The zero-order chi connectivity index (χ0) is 8.74. The molecule has 1 aliphatic carbocycles. The van der Waals surface area contributed by atoms with Crippen molar-refractivity contribution in [2.75, 3.05) is 0 Å². The number of nitrogens with two attached hydrogens (primary N) is 1. The average Bonchev–Trinajstić information content (AvgIpc) is 1.88. The molecule has 1 nitrogen and oxygen atoms in total. The van der Waals surface area contributed by atoms with Crippen LogP contribution in [-0.2, 0) is 0 Å². The highest BCUT2D eigenvalue weighted by Gasteiger charge is 1.96. The molecule has 1 heteroatoms. The molecule has 0 aromatic rings. The monoisotopic (exact) mass is 157 g/mol. The van der Waals surface area contributed by atoms with Gasteiger partial charge in [0.1, 0.15) is 0 Å². The van der Waals surface area contributed by atoms with E-state index in [1.165, 1.54) is 38.5 Å². The van der Waals surface area contributed by atoms with Crippen LogP contribution in [0.25, 0.3) is 0 Å². The first kappa shape index (κ1) is 11.0. The van der Waals surface area contributed by atoms with Gasteiger partial charge in [-0.25, -0.2) is 0 Å². The maximum Gasteiger partial charge on any atom is 0.00686 e. The summed E-state index contributed by atoms with van der Waals surface area (Å²) in [6, 6.07) is 0. The average molecular weight is 157 g/mol. The lowest BCUT2D eigenvalue weighted by molar-refractivity contribution is 0.504. The molecule has 0 aromatic heterocycles. The van der Waals surface area contributed by atoms with E-state index in [1.54, 1.807) is 0 Å². The molecular formula is C10H23N. The highest BCUT2D eigenvalue weighted by molar-refractivity contribution is 4.60. The minimum atomic E-state index is 0. The van der Waals surface area contributed by atoms with Crippen LogP contribution in [0.4, 0.5) is 0 Å². The van der Waals surface area contributed by atoms with Gasteiger partial charge in [0.2, 0.25) is 0 Å². The predicted octanol–water partition coefficient (Wildman–Crippen LogP) is 3.08.